The predicted octanol–water partition coefficient (Wildman–Crippen LogP) is 3.35. The Kier molecular flexibility index (Phi) is 7.37. The van der Waals surface area contributed by atoms with Crippen LogP contribution >= 0.6 is 0 Å². The Balaban J connectivity index is 1.52. The number of aryl methyl sites for hydroxylation is 1. The Morgan fingerprint density at radius 1 is 1.03 bits per heavy atom. The van der Waals surface area contributed by atoms with E-state index in [1.54, 1.807) is 37.5 Å². The van der Waals surface area contributed by atoms with Gasteiger partial charge in [-0.05, 0) is 53.6 Å². The van der Waals surface area contributed by atoms with Crippen LogP contribution < -0.4 is 14.9 Å². The third-order valence-corrected chi connectivity index (χ3v) is 4.40. The molecule has 0 unspecified atom stereocenters. The summed E-state index contributed by atoms with van der Waals surface area (Å²) in [5.41, 5.74) is 4.92. The number of methoxy groups -OCH3 is 1. The summed E-state index contributed by atoms with van der Waals surface area (Å²) in [7, 11) is 3.48. The molecule has 0 radical (unpaired) electrons. The number of hydrazone groups is 1. The number of nitrogens with one attached hydrogen (secondary N) is 1. The second-order valence-corrected chi connectivity index (χ2v) is 6.68. The third kappa shape index (κ3) is 6.71. The fourth-order valence-electron chi connectivity index (χ4n) is 2.75. The predicted molar refractivity (Wildman–Crippen MR) is 119 cm³/mol. The van der Waals surface area contributed by atoms with Gasteiger partial charge in [0.15, 0.2) is 0 Å². The maximum atomic E-state index is 12.1. The van der Waals surface area contributed by atoms with E-state index in [1.165, 1.54) is 12.3 Å². The van der Waals surface area contributed by atoms with E-state index >= 15 is 0 Å². The van der Waals surface area contributed by atoms with Gasteiger partial charge in [-0.2, -0.15) is 5.10 Å². The minimum Gasteiger partial charge on any atom is -0.497 e. The highest BCUT2D eigenvalue weighted by molar-refractivity contribution is 5.89. The number of ether oxygens (including phenoxy) is 2. The quantitative estimate of drug-likeness (QED) is 0.200. The van der Waals surface area contributed by atoms with Gasteiger partial charge in [-0.25, -0.2) is 10.2 Å². The van der Waals surface area contributed by atoms with Crippen LogP contribution in [0.15, 0.2) is 78.0 Å². The first-order valence-corrected chi connectivity index (χ1v) is 9.59. The van der Waals surface area contributed by atoms with E-state index in [0.717, 1.165) is 17.0 Å². The topological polar surface area (TPSA) is 81.9 Å². The molecule has 0 fully saturated rings. The second-order valence-electron chi connectivity index (χ2n) is 6.68. The first-order chi connectivity index (χ1) is 15.0. The van der Waals surface area contributed by atoms with Crippen molar-refractivity contribution in [2.24, 2.45) is 12.1 Å². The summed E-state index contributed by atoms with van der Waals surface area (Å²) in [5.74, 6) is 0.405. The highest BCUT2D eigenvalue weighted by Crippen LogP contribution is 2.14. The SMILES string of the molecule is COc1ccc(/C=C\C(=O)Oc2cccc(C=NNC(=O)Cc3cccn3C)c2)cc1. The van der Waals surface area contributed by atoms with Gasteiger partial charge < -0.3 is 14.0 Å². The number of carbonyl (C=O) groups is 2. The summed E-state index contributed by atoms with van der Waals surface area (Å²) in [6.07, 6.45) is 6.62. The highest BCUT2D eigenvalue weighted by Gasteiger charge is 2.05. The summed E-state index contributed by atoms with van der Waals surface area (Å²) in [6.45, 7) is 0. The Bertz CT molecular complexity index is 1100. The number of aromatic nitrogens is 1. The average Bonchev–Trinajstić information content (AvgIpc) is 3.17. The molecule has 0 atom stereocenters. The lowest BCUT2D eigenvalue weighted by Crippen LogP contribution is -2.20. The Morgan fingerprint density at radius 2 is 1.84 bits per heavy atom. The van der Waals surface area contributed by atoms with E-state index < -0.39 is 5.97 Å². The van der Waals surface area contributed by atoms with E-state index in [1.807, 2.05) is 54.2 Å². The molecule has 7 heteroatoms. The number of carbonyl (C=O) groups excluding carboxylic acids is 2. The van der Waals surface area contributed by atoms with Crippen LogP contribution in [-0.4, -0.2) is 29.8 Å². The normalized spacial score (nSPS) is 11.0. The summed E-state index contributed by atoms with van der Waals surface area (Å²) >= 11 is 0. The van der Waals surface area contributed by atoms with E-state index in [9.17, 15) is 9.59 Å². The maximum Gasteiger partial charge on any atom is 0.336 e. The molecule has 1 heterocycles. The van der Waals surface area contributed by atoms with E-state index in [0.29, 0.717) is 11.3 Å². The highest BCUT2D eigenvalue weighted by atomic mass is 16.5. The van der Waals surface area contributed by atoms with Gasteiger partial charge >= 0.3 is 5.97 Å². The molecular formula is C24H23N3O4. The fraction of sp³-hybridized carbons (Fsp3) is 0.125. The van der Waals surface area contributed by atoms with Crippen molar-refractivity contribution in [1.82, 2.24) is 9.99 Å². The average molecular weight is 417 g/mol. The lowest BCUT2D eigenvalue weighted by Gasteiger charge is -2.03. The molecular weight excluding hydrogens is 394 g/mol. The van der Waals surface area contributed by atoms with Crippen molar-refractivity contribution < 1.29 is 19.1 Å². The number of benzene rings is 2. The molecule has 3 rings (SSSR count). The molecule has 1 aromatic heterocycles. The van der Waals surface area contributed by atoms with Crippen molar-refractivity contribution in [3.05, 3.63) is 89.8 Å². The van der Waals surface area contributed by atoms with E-state index in [4.69, 9.17) is 9.47 Å². The monoisotopic (exact) mass is 417 g/mol. The van der Waals surface area contributed by atoms with Gasteiger partial charge in [0.05, 0.1) is 19.7 Å². The van der Waals surface area contributed by atoms with Gasteiger partial charge in [-0.15, -0.1) is 0 Å². The maximum absolute atomic E-state index is 12.1. The summed E-state index contributed by atoms with van der Waals surface area (Å²) in [5, 5.41) is 3.96. The molecule has 0 aliphatic carbocycles. The first-order valence-electron chi connectivity index (χ1n) is 9.59. The number of hydrogen-bond acceptors (Lipinski definition) is 5. The zero-order valence-corrected chi connectivity index (χ0v) is 17.3. The molecule has 0 bridgehead atoms. The van der Waals surface area contributed by atoms with Gasteiger partial charge in [0, 0.05) is 25.0 Å². The van der Waals surface area contributed by atoms with Crippen LogP contribution in [0.2, 0.25) is 0 Å². The van der Waals surface area contributed by atoms with Gasteiger partial charge in [-0.3, -0.25) is 4.79 Å². The zero-order valence-electron chi connectivity index (χ0n) is 17.3. The van der Waals surface area contributed by atoms with Crippen molar-refractivity contribution in [1.29, 1.82) is 0 Å². The number of rotatable bonds is 8. The molecule has 0 aliphatic heterocycles. The van der Waals surface area contributed by atoms with Crippen molar-refractivity contribution >= 4 is 24.2 Å². The fourth-order valence-corrected chi connectivity index (χ4v) is 2.75. The Hall–Kier alpha value is -4.13. The van der Waals surface area contributed by atoms with Gasteiger partial charge in [-0.1, -0.05) is 24.3 Å². The number of nitrogens with zero attached hydrogens (tertiary/aromatic N) is 2. The van der Waals surface area contributed by atoms with Gasteiger partial charge in [0.1, 0.15) is 11.5 Å². The van der Waals surface area contributed by atoms with Crippen LogP contribution in [0.25, 0.3) is 6.08 Å². The molecule has 0 saturated heterocycles. The molecule has 31 heavy (non-hydrogen) atoms. The van der Waals surface area contributed by atoms with Crippen LogP contribution in [-0.2, 0) is 23.1 Å². The minimum atomic E-state index is -0.499. The number of esters is 1. The molecule has 0 spiro atoms. The van der Waals surface area contributed by atoms with E-state index in [2.05, 4.69) is 10.5 Å². The van der Waals surface area contributed by atoms with Crippen molar-refractivity contribution in [2.45, 2.75) is 6.42 Å². The molecule has 158 valence electrons. The summed E-state index contributed by atoms with van der Waals surface area (Å²) < 4.78 is 12.3. The first kappa shape index (κ1) is 21.6. The minimum absolute atomic E-state index is 0.218. The lowest BCUT2D eigenvalue weighted by molar-refractivity contribution is -0.129. The summed E-state index contributed by atoms with van der Waals surface area (Å²) in [4.78, 5) is 24.0. The molecule has 3 aromatic rings. The molecule has 1 amide bonds. The molecule has 1 N–H and O–H groups in total. The number of hydrogen-bond donors (Lipinski definition) is 1. The molecule has 0 aliphatic rings. The Morgan fingerprint density at radius 3 is 2.55 bits per heavy atom. The van der Waals surface area contributed by atoms with Crippen LogP contribution in [0.5, 0.6) is 11.5 Å². The lowest BCUT2D eigenvalue weighted by atomic mass is 10.2. The standard InChI is InChI=1S/C24H23N3O4/c1-27-14-4-6-20(27)16-23(28)26-25-17-19-5-3-7-22(15-19)31-24(29)13-10-18-8-11-21(30-2)12-9-18/h3-15,17H,16H2,1-2H3,(H,26,28)/b13-10-,25-17?. The number of amides is 1. The molecule has 0 saturated carbocycles. The Labute approximate surface area is 180 Å². The van der Waals surface area contributed by atoms with Crippen molar-refractivity contribution in [3.8, 4) is 11.5 Å². The van der Waals surface area contributed by atoms with Crippen LogP contribution in [0.1, 0.15) is 16.8 Å². The van der Waals surface area contributed by atoms with Gasteiger partial charge in [0.2, 0.25) is 5.91 Å². The van der Waals surface area contributed by atoms with Crippen molar-refractivity contribution in [2.75, 3.05) is 7.11 Å². The van der Waals surface area contributed by atoms with Crippen LogP contribution in [0.3, 0.4) is 0 Å². The molecule has 2 aromatic carbocycles. The van der Waals surface area contributed by atoms with Crippen LogP contribution in [0, 0.1) is 0 Å². The summed E-state index contributed by atoms with van der Waals surface area (Å²) in [6, 6.07) is 17.9. The smallest absolute Gasteiger partial charge is 0.336 e. The van der Waals surface area contributed by atoms with Crippen molar-refractivity contribution in [3.63, 3.8) is 0 Å². The zero-order chi connectivity index (χ0) is 22.1. The largest absolute Gasteiger partial charge is 0.497 e. The van der Waals surface area contributed by atoms with Crippen LogP contribution in [0.4, 0.5) is 0 Å². The second kappa shape index (κ2) is 10.6. The van der Waals surface area contributed by atoms with E-state index in [-0.39, 0.29) is 12.3 Å². The van der Waals surface area contributed by atoms with Gasteiger partial charge in [0.25, 0.3) is 0 Å². The third-order valence-electron chi connectivity index (χ3n) is 4.40. The molecule has 7 nitrogen and oxygen atoms in total.